The van der Waals surface area contributed by atoms with E-state index in [4.69, 9.17) is 16.3 Å². The summed E-state index contributed by atoms with van der Waals surface area (Å²) in [5.74, 6) is 1.99. The lowest BCUT2D eigenvalue weighted by Gasteiger charge is -2.50. The number of Topliss-reactive ketones (excluding diaryl/α,β-unsaturated/α-hetero) is 1. The summed E-state index contributed by atoms with van der Waals surface area (Å²) in [7, 11) is 0. The molecule has 5 atom stereocenters. The molecule has 2 saturated carbocycles. The molecular formula is C20H23ClO3. The Labute approximate surface area is 147 Å². The highest BCUT2D eigenvalue weighted by atomic mass is 35.5. The lowest BCUT2D eigenvalue weighted by Crippen LogP contribution is -2.47. The zero-order chi connectivity index (χ0) is 17.1. The van der Waals surface area contributed by atoms with Crippen LogP contribution in [0.25, 0.3) is 0 Å². The molecule has 0 bridgehead atoms. The van der Waals surface area contributed by atoms with Crippen LogP contribution in [0.4, 0.5) is 0 Å². The first-order chi connectivity index (χ1) is 11.4. The summed E-state index contributed by atoms with van der Waals surface area (Å²) >= 11 is 6.83. The average Bonchev–Trinajstić information content (AvgIpc) is 2.81. The molecule has 0 unspecified atom stereocenters. The zero-order valence-corrected chi connectivity index (χ0v) is 14.9. The third-order valence-corrected chi connectivity index (χ3v) is 7.03. The first-order valence-corrected chi connectivity index (χ1v) is 9.32. The summed E-state index contributed by atoms with van der Waals surface area (Å²) < 4.78 is 5.23. The topological polar surface area (TPSA) is 43.4 Å². The molecule has 24 heavy (non-hydrogen) atoms. The molecule has 3 aliphatic carbocycles. The Hall–Kier alpha value is -1.35. The van der Waals surface area contributed by atoms with Crippen molar-refractivity contribution < 1.29 is 14.3 Å². The smallest absolute Gasteiger partial charge is 0.308 e. The molecule has 4 rings (SSSR count). The molecule has 0 radical (unpaired) electrons. The van der Waals surface area contributed by atoms with Gasteiger partial charge in [-0.05, 0) is 60.8 Å². The molecule has 2 fully saturated rings. The maximum atomic E-state index is 12.4. The van der Waals surface area contributed by atoms with Gasteiger partial charge in [-0.15, -0.1) is 11.6 Å². The van der Waals surface area contributed by atoms with Gasteiger partial charge >= 0.3 is 5.97 Å². The number of hydrogen-bond acceptors (Lipinski definition) is 3. The zero-order valence-electron chi connectivity index (χ0n) is 14.2. The molecule has 1 aromatic carbocycles. The van der Waals surface area contributed by atoms with Crippen molar-refractivity contribution in [2.75, 3.05) is 0 Å². The van der Waals surface area contributed by atoms with Crippen LogP contribution in [-0.2, 0) is 16.0 Å². The second kappa shape index (κ2) is 5.59. The Balaban J connectivity index is 1.70. The van der Waals surface area contributed by atoms with Gasteiger partial charge in [-0.3, -0.25) is 9.59 Å². The molecule has 0 saturated heterocycles. The Morgan fingerprint density at radius 1 is 1.29 bits per heavy atom. The third-order valence-electron chi connectivity index (χ3n) is 6.61. The number of carbonyl (C=O) groups is 2. The van der Waals surface area contributed by atoms with Gasteiger partial charge in [0, 0.05) is 30.1 Å². The van der Waals surface area contributed by atoms with Gasteiger partial charge in [-0.25, -0.2) is 0 Å². The number of fused-ring (bicyclic) bond motifs is 5. The lowest BCUT2D eigenvalue weighted by molar-refractivity contribution is -0.132. The van der Waals surface area contributed by atoms with Crippen molar-refractivity contribution in [3.63, 3.8) is 0 Å². The van der Waals surface area contributed by atoms with Crippen LogP contribution in [0.1, 0.15) is 56.6 Å². The highest BCUT2D eigenvalue weighted by molar-refractivity contribution is 6.21. The quantitative estimate of drug-likeness (QED) is 0.433. The van der Waals surface area contributed by atoms with E-state index in [-0.39, 0.29) is 16.8 Å². The van der Waals surface area contributed by atoms with Crippen LogP contribution in [0.5, 0.6) is 5.75 Å². The molecule has 3 nitrogen and oxygen atoms in total. The predicted octanol–water partition coefficient (Wildman–Crippen LogP) is 4.25. The Morgan fingerprint density at radius 2 is 2.08 bits per heavy atom. The minimum atomic E-state index is -0.295. The molecular weight excluding hydrogens is 324 g/mol. The fourth-order valence-corrected chi connectivity index (χ4v) is 6.22. The number of ketones is 1. The number of esters is 1. The molecule has 3 aliphatic rings. The van der Waals surface area contributed by atoms with Crippen molar-refractivity contribution in [3.8, 4) is 5.75 Å². The Kier molecular flexibility index (Phi) is 3.76. The molecule has 0 spiro atoms. The molecule has 0 amide bonds. The molecule has 0 aromatic heterocycles. The van der Waals surface area contributed by atoms with E-state index in [1.165, 1.54) is 18.1 Å². The maximum Gasteiger partial charge on any atom is 0.308 e. The lowest BCUT2D eigenvalue weighted by atomic mass is 9.55. The van der Waals surface area contributed by atoms with Gasteiger partial charge in [0.2, 0.25) is 0 Å². The Morgan fingerprint density at radius 3 is 2.83 bits per heavy atom. The van der Waals surface area contributed by atoms with Crippen LogP contribution in [0.15, 0.2) is 18.2 Å². The van der Waals surface area contributed by atoms with Crippen LogP contribution in [-0.4, -0.2) is 17.1 Å². The van der Waals surface area contributed by atoms with Gasteiger partial charge < -0.3 is 4.74 Å². The second-order valence-corrected chi connectivity index (χ2v) is 8.45. The van der Waals surface area contributed by atoms with E-state index in [0.29, 0.717) is 35.7 Å². The van der Waals surface area contributed by atoms with Crippen molar-refractivity contribution in [2.45, 2.75) is 57.2 Å². The van der Waals surface area contributed by atoms with Crippen LogP contribution in [0, 0.1) is 17.3 Å². The van der Waals surface area contributed by atoms with Gasteiger partial charge in [-0.1, -0.05) is 13.0 Å². The first-order valence-electron chi connectivity index (χ1n) is 8.89. The number of aryl methyl sites for hydroxylation is 1. The average molecular weight is 347 g/mol. The van der Waals surface area contributed by atoms with Crippen LogP contribution in [0.2, 0.25) is 0 Å². The van der Waals surface area contributed by atoms with Gasteiger partial charge in [0.05, 0.1) is 0 Å². The highest BCUT2D eigenvalue weighted by Crippen LogP contribution is 2.60. The summed E-state index contributed by atoms with van der Waals surface area (Å²) in [5.41, 5.74) is 2.32. The molecule has 0 aliphatic heterocycles. The summed E-state index contributed by atoms with van der Waals surface area (Å²) in [6.07, 6.45) is 4.55. The molecule has 1 aromatic rings. The van der Waals surface area contributed by atoms with E-state index in [1.54, 1.807) is 0 Å². The SMILES string of the molecule is CC(=O)Oc1ccc2c(c1)CC[C@@H]1[C@@H]2[C@@H](Cl)C[C@]2(C)C(=O)CC[C@@H]12. The maximum absolute atomic E-state index is 12.4. The number of ether oxygens (including phenoxy) is 1. The van der Waals surface area contributed by atoms with Crippen molar-refractivity contribution in [3.05, 3.63) is 29.3 Å². The number of rotatable bonds is 1. The largest absolute Gasteiger partial charge is 0.427 e. The van der Waals surface area contributed by atoms with E-state index in [2.05, 4.69) is 13.0 Å². The number of hydrogen-bond donors (Lipinski definition) is 0. The van der Waals surface area contributed by atoms with Crippen LogP contribution >= 0.6 is 11.6 Å². The van der Waals surface area contributed by atoms with Crippen LogP contribution in [0.3, 0.4) is 0 Å². The monoisotopic (exact) mass is 346 g/mol. The normalized spacial score (nSPS) is 37.4. The molecule has 0 heterocycles. The summed E-state index contributed by atoms with van der Waals surface area (Å²) in [6, 6.07) is 5.95. The van der Waals surface area contributed by atoms with Crippen LogP contribution < -0.4 is 4.74 Å². The summed E-state index contributed by atoms with van der Waals surface area (Å²) in [4.78, 5) is 23.6. The van der Waals surface area contributed by atoms with E-state index >= 15 is 0 Å². The highest BCUT2D eigenvalue weighted by Gasteiger charge is 2.57. The summed E-state index contributed by atoms with van der Waals surface area (Å²) in [5, 5.41) is -0.00285. The number of alkyl halides is 1. The Bertz CT molecular complexity index is 713. The molecule has 4 heteroatoms. The summed E-state index contributed by atoms with van der Waals surface area (Å²) in [6.45, 7) is 3.56. The van der Waals surface area contributed by atoms with E-state index in [1.807, 2.05) is 12.1 Å². The fraction of sp³-hybridized carbons (Fsp3) is 0.600. The van der Waals surface area contributed by atoms with E-state index < -0.39 is 0 Å². The van der Waals surface area contributed by atoms with E-state index in [0.717, 1.165) is 25.7 Å². The second-order valence-electron chi connectivity index (χ2n) is 7.89. The van der Waals surface area contributed by atoms with Crippen molar-refractivity contribution >= 4 is 23.4 Å². The fourth-order valence-electron chi connectivity index (χ4n) is 5.58. The van der Waals surface area contributed by atoms with Crippen molar-refractivity contribution in [1.82, 2.24) is 0 Å². The van der Waals surface area contributed by atoms with Gasteiger partial charge in [0.1, 0.15) is 11.5 Å². The van der Waals surface area contributed by atoms with Crippen molar-refractivity contribution in [2.24, 2.45) is 17.3 Å². The van der Waals surface area contributed by atoms with E-state index in [9.17, 15) is 9.59 Å². The standard InChI is InChI=1S/C20H23ClO3/c1-11(22)24-13-4-6-14-12(9-13)3-5-15-16-7-8-18(23)20(16,2)10-17(21)19(14)15/h4,6,9,15-17,19H,3,5,7-8,10H2,1-2H3/t15-,16-,17-,19+,20-/m0/s1. The van der Waals surface area contributed by atoms with Gasteiger partial charge in [0.15, 0.2) is 0 Å². The predicted molar refractivity (Wildman–Crippen MR) is 92.4 cm³/mol. The number of carbonyl (C=O) groups excluding carboxylic acids is 2. The number of halogens is 1. The molecule has 128 valence electrons. The first kappa shape index (κ1) is 16.1. The van der Waals surface area contributed by atoms with Crippen molar-refractivity contribution in [1.29, 1.82) is 0 Å². The van der Waals surface area contributed by atoms with Gasteiger partial charge in [-0.2, -0.15) is 0 Å². The minimum absolute atomic E-state index is 0.00285. The number of benzene rings is 1. The molecule has 0 N–H and O–H groups in total. The minimum Gasteiger partial charge on any atom is -0.427 e. The third kappa shape index (κ3) is 2.32. The van der Waals surface area contributed by atoms with Gasteiger partial charge in [0.25, 0.3) is 0 Å².